The molecule has 114 valence electrons. The van der Waals surface area contributed by atoms with Gasteiger partial charge in [-0.05, 0) is 24.1 Å². The van der Waals surface area contributed by atoms with Gasteiger partial charge in [0.1, 0.15) is 12.4 Å². The van der Waals surface area contributed by atoms with Crippen molar-refractivity contribution in [3.05, 3.63) is 29.0 Å². The lowest BCUT2D eigenvalue weighted by molar-refractivity contribution is -0.121. The zero-order valence-corrected chi connectivity index (χ0v) is 13.7. The van der Waals surface area contributed by atoms with E-state index in [0.29, 0.717) is 29.8 Å². The van der Waals surface area contributed by atoms with E-state index < -0.39 is 0 Å². The predicted molar refractivity (Wildman–Crippen MR) is 87.0 cm³/mol. The lowest BCUT2D eigenvalue weighted by atomic mass is 10.2. The van der Waals surface area contributed by atoms with Gasteiger partial charge in [0.25, 0.3) is 0 Å². The van der Waals surface area contributed by atoms with E-state index in [1.54, 1.807) is 6.07 Å². The number of carbonyl (C=O) groups excluding carboxylic acids is 1. The zero-order valence-electron chi connectivity index (χ0n) is 12.2. The van der Waals surface area contributed by atoms with E-state index in [2.05, 4.69) is 24.1 Å². The molecule has 2 rings (SSSR count). The van der Waals surface area contributed by atoms with Gasteiger partial charge in [-0.25, -0.2) is 4.98 Å². The molecule has 1 N–H and O–H groups in total. The summed E-state index contributed by atoms with van der Waals surface area (Å²) in [5.41, 5.74) is 1.69. The summed E-state index contributed by atoms with van der Waals surface area (Å²) in [6.07, 6.45) is 0.616. The molecule has 0 spiro atoms. The SMILES string of the molecule is CC(C)CNC(=O)Cn1c(CCCl)nc2ccc(Cl)cc21. The fourth-order valence-corrected chi connectivity index (χ4v) is 2.45. The Hall–Kier alpha value is -1.26. The summed E-state index contributed by atoms with van der Waals surface area (Å²) in [6.45, 7) is 5.02. The maximum absolute atomic E-state index is 12.1. The molecule has 6 heteroatoms. The third-order valence-electron chi connectivity index (χ3n) is 3.12. The highest BCUT2D eigenvalue weighted by molar-refractivity contribution is 6.31. The highest BCUT2D eigenvalue weighted by atomic mass is 35.5. The van der Waals surface area contributed by atoms with Gasteiger partial charge in [-0.2, -0.15) is 0 Å². The summed E-state index contributed by atoms with van der Waals surface area (Å²) >= 11 is 11.9. The minimum Gasteiger partial charge on any atom is -0.354 e. The van der Waals surface area contributed by atoms with Crippen molar-refractivity contribution in [2.24, 2.45) is 5.92 Å². The molecule has 0 fully saturated rings. The molecular weight excluding hydrogens is 309 g/mol. The molecule has 0 saturated carbocycles. The molecule has 0 aliphatic carbocycles. The Labute approximate surface area is 134 Å². The number of nitrogens with one attached hydrogen (secondary N) is 1. The number of aryl methyl sites for hydroxylation is 1. The topological polar surface area (TPSA) is 46.9 Å². The number of amides is 1. The van der Waals surface area contributed by atoms with Crippen LogP contribution in [0.4, 0.5) is 0 Å². The number of hydrogen-bond acceptors (Lipinski definition) is 2. The van der Waals surface area contributed by atoms with Gasteiger partial charge >= 0.3 is 0 Å². The highest BCUT2D eigenvalue weighted by Crippen LogP contribution is 2.21. The number of carbonyl (C=O) groups is 1. The third kappa shape index (κ3) is 4.11. The molecule has 1 aromatic carbocycles. The van der Waals surface area contributed by atoms with Crippen LogP contribution in [-0.4, -0.2) is 27.9 Å². The van der Waals surface area contributed by atoms with Gasteiger partial charge in [0.15, 0.2) is 0 Å². The van der Waals surface area contributed by atoms with Gasteiger partial charge in [-0.3, -0.25) is 4.79 Å². The van der Waals surface area contributed by atoms with Crippen molar-refractivity contribution >= 4 is 40.1 Å². The first kappa shape index (κ1) is 16.1. The summed E-state index contributed by atoms with van der Waals surface area (Å²) < 4.78 is 1.89. The molecule has 2 aromatic rings. The maximum Gasteiger partial charge on any atom is 0.240 e. The summed E-state index contributed by atoms with van der Waals surface area (Å²) in [4.78, 5) is 16.6. The van der Waals surface area contributed by atoms with E-state index in [1.807, 2.05) is 16.7 Å². The molecule has 4 nitrogen and oxygen atoms in total. The van der Waals surface area contributed by atoms with Crippen LogP contribution in [0.3, 0.4) is 0 Å². The van der Waals surface area contributed by atoms with Crippen molar-refractivity contribution in [1.29, 1.82) is 0 Å². The number of hydrogen-bond donors (Lipinski definition) is 1. The first-order chi connectivity index (χ1) is 10.0. The van der Waals surface area contributed by atoms with Gasteiger partial charge in [0.2, 0.25) is 5.91 Å². The Bertz CT molecular complexity index is 637. The van der Waals surface area contributed by atoms with Crippen molar-refractivity contribution in [1.82, 2.24) is 14.9 Å². The zero-order chi connectivity index (χ0) is 15.4. The van der Waals surface area contributed by atoms with Crippen LogP contribution in [0, 0.1) is 5.92 Å². The number of nitrogens with zero attached hydrogens (tertiary/aromatic N) is 2. The molecule has 21 heavy (non-hydrogen) atoms. The van der Waals surface area contributed by atoms with Gasteiger partial charge in [0, 0.05) is 23.9 Å². The average Bonchev–Trinajstić information content (AvgIpc) is 2.75. The fraction of sp³-hybridized carbons (Fsp3) is 0.467. The summed E-state index contributed by atoms with van der Waals surface area (Å²) in [7, 11) is 0. The number of halogens is 2. The molecule has 0 radical (unpaired) electrons. The van der Waals surface area contributed by atoms with Crippen molar-refractivity contribution in [3.63, 3.8) is 0 Å². The number of rotatable bonds is 6. The molecule has 1 amide bonds. The standard InChI is InChI=1S/C15H19Cl2N3O/c1-10(2)8-18-15(21)9-20-13-7-11(17)3-4-12(13)19-14(20)5-6-16/h3-4,7,10H,5-6,8-9H2,1-2H3,(H,18,21). The van der Waals surface area contributed by atoms with Crippen molar-refractivity contribution in [2.45, 2.75) is 26.8 Å². The fourth-order valence-electron chi connectivity index (χ4n) is 2.12. The number of aromatic nitrogens is 2. The monoisotopic (exact) mass is 327 g/mol. The second-order valence-electron chi connectivity index (χ2n) is 5.38. The summed E-state index contributed by atoms with van der Waals surface area (Å²) in [5.74, 6) is 1.66. The molecular formula is C15H19Cl2N3O. The Balaban J connectivity index is 2.29. The van der Waals surface area contributed by atoms with Crippen LogP contribution in [0.25, 0.3) is 11.0 Å². The molecule has 0 unspecified atom stereocenters. The minimum absolute atomic E-state index is 0.0289. The molecule has 1 heterocycles. The molecule has 0 bridgehead atoms. The Morgan fingerprint density at radius 3 is 2.86 bits per heavy atom. The second-order valence-corrected chi connectivity index (χ2v) is 6.20. The minimum atomic E-state index is -0.0289. The van der Waals surface area contributed by atoms with Crippen molar-refractivity contribution in [2.75, 3.05) is 12.4 Å². The molecule has 0 aliphatic rings. The second kappa shape index (κ2) is 7.14. The lowest BCUT2D eigenvalue weighted by Gasteiger charge is -2.11. The molecule has 0 saturated heterocycles. The van der Waals surface area contributed by atoms with Crippen molar-refractivity contribution in [3.8, 4) is 0 Å². The van der Waals surface area contributed by atoms with Crippen LogP contribution < -0.4 is 5.32 Å². The van der Waals surface area contributed by atoms with Crippen LogP contribution in [0.1, 0.15) is 19.7 Å². The maximum atomic E-state index is 12.1. The van der Waals surface area contributed by atoms with Crippen molar-refractivity contribution < 1.29 is 4.79 Å². The van der Waals surface area contributed by atoms with Crippen LogP contribution in [0.5, 0.6) is 0 Å². The third-order valence-corrected chi connectivity index (χ3v) is 3.54. The van der Waals surface area contributed by atoms with E-state index in [1.165, 1.54) is 0 Å². The predicted octanol–water partition coefficient (Wildman–Crippen LogP) is 3.24. The van der Waals surface area contributed by atoms with Crippen LogP contribution in [0.2, 0.25) is 5.02 Å². The number of imidazole rings is 1. The number of fused-ring (bicyclic) bond motifs is 1. The van der Waals surface area contributed by atoms with Gasteiger partial charge in [0.05, 0.1) is 11.0 Å². The Morgan fingerprint density at radius 1 is 1.43 bits per heavy atom. The largest absolute Gasteiger partial charge is 0.354 e. The molecule has 0 aliphatic heterocycles. The van der Waals surface area contributed by atoms with Crippen LogP contribution >= 0.6 is 23.2 Å². The van der Waals surface area contributed by atoms with Gasteiger partial charge in [-0.1, -0.05) is 25.4 Å². The first-order valence-electron chi connectivity index (χ1n) is 6.98. The average molecular weight is 328 g/mol. The molecule has 1 aromatic heterocycles. The highest BCUT2D eigenvalue weighted by Gasteiger charge is 2.14. The van der Waals surface area contributed by atoms with E-state index in [0.717, 1.165) is 16.9 Å². The quantitative estimate of drug-likeness (QED) is 0.828. The lowest BCUT2D eigenvalue weighted by Crippen LogP contribution is -2.31. The molecule has 0 atom stereocenters. The summed E-state index contributed by atoms with van der Waals surface area (Å²) in [5, 5.41) is 3.54. The number of alkyl halides is 1. The Morgan fingerprint density at radius 2 is 2.19 bits per heavy atom. The first-order valence-corrected chi connectivity index (χ1v) is 7.90. The smallest absolute Gasteiger partial charge is 0.240 e. The van der Waals surface area contributed by atoms with E-state index in [4.69, 9.17) is 23.2 Å². The van der Waals surface area contributed by atoms with E-state index >= 15 is 0 Å². The Kier molecular flexibility index (Phi) is 5.48. The van der Waals surface area contributed by atoms with Crippen LogP contribution in [-0.2, 0) is 17.8 Å². The summed E-state index contributed by atoms with van der Waals surface area (Å²) in [6, 6.07) is 5.49. The van der Waals surface area contributed by atoms with E-state index in [9.17, 15) is 4.79 Å². The number of benzene rings is 1. The van der Waals surface area contributed by atoms with Crippen LogP contribution in [0.15, 0.2) is 18.2 Å². The normalized spacial score (nSPS) is 11.3. The van der Waals surface area contributed by atoms with Gasteiger partial charge in [-0.15, -0.1) is 11.6 Å². The van der Waals surface area contributed by atoms with E-state index in [-0.39, 0.29) is 12.5 Å². The van der Waals surface area contributed by atoms with Gasteiger partial charge < -0.3 is 9.88 Å².